The molecule has 19 heavy (non-hydrogen) atoms. The van der Waals surface area contributed by atoms with Crippen LogP contribution in [0.2, 0.25) is 0 Å². The molecule has 2 aromatic rings. The summed E-state index contributed by atoms with van der Waals surface area (Å²) in [4.78, 5) is 11.5. The van der Waals surface area contributed by atoms with E-state index < -0.39 is 23.1 Å². The van der Waals surface area contributed by atoms with Gasteiger partial charge in [-0.1, -0.05) is 12.1 Å². The summed E-state index contributed by atoms with van der Waals surface area (Å²) in [5.41, 5.74) is -1.07. The molecule has 0 aliphatic carbocycles. The van der Waals surface area contributed by atoms with Gasteiger partial charge in [-0.2, -0.15) is 13.2 Å². The molecule has 0 atom stereocenters. The van der Waals surface area contributed by atoms with Gasteiger partial charge in [0.05, 0.1) is 12.1 Å². The number of benzene rings is 1. The molecule has 0 aliphatic heterocycles. The van der Waals surface area contributed by atoms with Crippen molar-refractivity contribution in [1.29, 1.82) is 0 Å². The van der Waals surface area contributed by atoms with E-state index in [1.54, 1.807) is 0 Å². The van der Waals surface area contributed by atoms with Crippen molar-refractivity contribution >= 4 is 0 Å². The number of hydrogen-bond donors (Lipinski definition) is 0. The third-order valence-corrected chi connectivity index (χ3v) is 2.55. The first-order valence-electron chi connectivity index (χ1n) is 5.38. The van der Waals surface area contributed by atoms with Crippen LogP contribution in [0.5, 0.6) is 0 Å². The summed E-state index contributed by atoms with van der Waals surface area (Å²) in [6.45, 7) is -0.111. The van der Waals surface area contributed by atoms with Crippen LogP contribution in [0.1, 0.15) is 11.1 Å². The fraction of sp³-hybridized carbons (Fsp3) is 0.154. The lowest BCUT2D eigenvalue weighted by atomic mass is 10.2. The summed E-state index contributed by atoms with van der Waals surface area (Å²) < 4.78 is 51.5. The Labute approximate surface area is 105 Å². The van der Waals surface area contributed by atoms with Crippen LogP contribution in [0.25, 0.3) is 0 Å². The first-order valence-corrected chi connectivity index (χ1v) is 5.38. The van der Waals surface area contributed by atoms with E-state index in [2.05, 4.69) is 0 Å². The number of rotatable bonds is 2. The van der Waals surface area contributed by atoms with Gasteiger partial charge in [-0.3, -0.25) is 4.79 Å². The molecule has 0 fully saturated rings. The molecule has 0 bridgehead atoms. The molecule has 1 aromatic heterocycles. The zero-order valence-electron chi connectivity index (χ0n) is 9.62. The molecule has 0 amide bonds. The second-order valence-corrected chi connectivity index (χ2v) is 4.01. The zero-order valence-corrected chi connectivity index (χ0v) is 9.62. The van der Waals surface area contributed by atoms with Crippen molar-refractivity contribution in [3.63, 3.8) is 0 Å². The molecule has 0 radical (unpaired) electrons. The fourth-order valence-corrected chi connectivity index (χ4v) is 1.65. The molecule has 0 unspecified atom stereocenters. The molecule has 2 nitrogen and oxygen atoms in total. The summed E-state index contributed by atoms with van der Waals surface area (Å²) in [5.74, 6) is -0.502. The molecular formula is C13H9F4NO. The highest BCUT2D eigenvalue weighted by molar-refractivity contribution is 5.19. The average Bonchev–Trinajstić information content (AvgIpc) is 2.30. The predicted octanol–water partition coefficient (Wildman–Crippen LogP) is 3.05. The van der Waals surface area contributed by atoms with Crippen LogP contribution in [0.15, 0.2) is 47.4 Å². The highest BCUT2D eigenvalue weighted by Crippen LogP contribution is 2.28. The highest BCUT2D eigenvalue weighted by Gasteiger charge is 2.30. The van der Waals surface area contributed by atoms with Crippen LogP contribution >= 0.6 is 0 Å². The molecule has 100 valence electrons. The molecular weight excluding hydrogens is 262 g/mol. The molecule has 6 heteroatoms. The summed E-state index contributed by atoms with van der Waals surface area (Å²) in [6, 6.07) is 6.94. The molecule has 2 rings (SSSR count). The first kappa shape index (κ1) is 13.3. The minimum Gasteiger partial charge on any atom is -0.311 e. The summed E-state index contributed by atoms with van der Waals surface area (Å²) in [6.07, 6.45) is -3.79. The number of nitrogens with zero attached hydrogens (tertiary/aromatic N) is 1. The lowest BCUT2D eigenvalue weighted by molar-refractivity contribution is -0.138. The van der Waals surface area contributed by atoms with Crippen molar-refractivity contribution in [2.24, 2.45) is 0 Å². The second kappa shape index (κ2) is 4.87. The van der Waals surface area contributed by atoms with E-state index in [1.165, 1.54) is 24.3 Å². The number of hydrogen-bond acceptors (Lipinski definition) is 1. The molecule has 0 saturated heterocycles. The van der Waals surface area contributed by atoms with Gasteiger partial charge in [0.2, 0.25) is 0 Å². The Balaban J connectivity index is 2.37. The van der Waals surface area contributed by atoms with E-state index in [0.29, 0.717) is 5.56 Å². The van der Waals surface area contributed by atoms with E-state index >= 15 is 0 Å². The Kier molecular flexibility index (Phi) is 3.42. The van der Waals surface area contributed by atoms with Crippen molar-refractivity contribution in [3.05, 3.63) is 69.9 Å². The zero-order chi connectivity index (χ0) is 14.0. The van der Waals surface area contributed by atoms with Crippen LogP contribution in [0, 0.1) is 5.82 Å². The maximum atomic E-state index is 13.0. The summed E-state index contributed by atoms with van der Waals surface area (Å²) in [5, 5.41) is 0. The Morgan fingerprint density at radius 1 is 1.11 bits per heavy atom. The molecule has 0 spiro atoms. The lowest BCUT2D eigenvalue weighted by Crippen LogP contribution is -2.21. The van der Waals surface area contributed by atoms with Gasteiger partial charge < -0.3 is 4.57 Å². The van der Waals surface area contributed by atoms with E-state index in [4.69, 9.17) is 0 Å². The van der Waals surface area contributed by atoms with E-state index in [9.17, 15) is 22.4 Å². The standard InChI is InChI=1S/C13H9F4NO/c14-11-3-1-2-9(6-11)7-18-8-10(13(15,16)17)4-5-12(18)19/h1-6,8H,7H2. The van der Waals surface area contributed by atoms with Gasteiger partial charge in [0.15, 0.2) is 0 Å². The summed E-state index contributed by atoms with van der Waals surface area (Å²) >= 11 is 0. The maximum Gasteiger partial charge on any atom is 0.417 e. The van der Waals surface area contributed by atoms with Crippen molar-refractivity contribution in [2.75, 3.05) is 0 Å². The van der Waals surface area contributed by atoms with Crippen LogP contribution in [-0.2, 0) is 12.7 Å². The quantitative estimate of drug-likeness (QED) is 0.769. The van der Waals surface area contributed by atoms with E-state index in [-0.39, 0.29) is 6.54 Å². The van der Waals surface area contributed by atoms with Gasteiger partial charge in [0.1, 0.15) is 5.82 Å². The minimum atomic E-state index is -4.52. The van der Waals surface area contributed by atoms with Crippen LogP contribution < -0.4 is 5.56 Å². The van der Waals surface area contributed by atoms with Gasteiger partial charge in [0.25, 0.3) is 5.56 Å². The highest BCUT2D eigenvalue weighted by atomic mass is 19.4. The van der Waals surface area contributed by atoms with Crippen molar-refractivity contribution in [3.8, 4) is 0 Å². The first-order chi connectivity index (χ1) is 8.86. The third kappa shape index (κ3) is 3.21. The average molecular weight is 271 g/mol. The van der Waals surface area contributed by atoms with Crippen molar-refractivity contribution in [2.45, 2.75) is 12.7 Å². The predicted molar refractivity (Wildman–Crippen MR) is 61.2 cm³/mol. The third-order valence-electron chi connectivity index (χ3n) is 2.55. The number of alkyl halides is 3. The van der Waals surface area contributed by atoms with Gasteiger partial charge in [-0.05, 0) is 23.8 Å². The van der Waals surface area contributed by atoms with Crippen LogP contribution in [0.4, 0.5) is 17.6 Å². The topological polar surface area (TPSA) is 22.0 Å². The molecule has 0 aliphatic rings. The van der Waals surface area contributed by atoms with Crippen LogP contribution in [-0.4, -0.2) is 4.57 Å². The fourth-order valence-electron chi connectivity index (χ4n) is 1.65. The normalized spacial score (nSPS) is 11.6. The van der Waals surface area contributed by atoms with Gasteiger partial charge in [-0.25, -0.2) is 4.39 Å². The molecule has 0 N–H and O–H groups in total. The number of aromatic nitrogens is 1. The Hall–Kier alpha value is -2.11. The van der Waals surface area contributed by atoms with Gasteiger partial charge >= 0.3 is 6.18 Å². The van der Waals surface area contributed by atoms with Gasteiger partial charge in [0, 0.05) is 12.3 Å². The van der Waals surface area contributed by atoms with Crippen molar-refractivity contribution in [1.82, 2.24) is 4.57 Å². The Morgan fingerprint density at radius 2 is 1.84 bits per heavy atom. The molecule has 0 saturated carbocycles. The number of pyridine rings is 1. The largest absolute Gasteiger partial charge is 0.417 e. The van der Waals surface area contributed by atoms with Crippen molar-refractivity contribution < 1.29 is 17.6 Å². The summed E-state index contributed by atoms with van der Waals surface area (Å²) in [7, 11) is 0. The SMILES string of the molecule is O=c1ccc(C(F)(F)F)cn1Cc1cccc(F)c1. The van der Waals surface area contributed by atoms with Crippen LogP contribution in [0.3, 0.4) is 0 Å². The Morgan fingerprint density at radius 3 is 2.47 bits per heavy atom. The maximum absolute atomic E-state index is 13.0. The Bertz CT molecular complexity index is 646. The van der Waals surface area contributed by atoms with E-state index in [1.807, 2.05) is 0 Å². The second-order valence-electron chi connectivity index (χ2n) is 4.01. The van der Waals surface area contributed by atoms with Gasteiger partial charge in [-0.15, -0.1) is 0 Å². The molecule has 1 aromatic carbocycles. The van der Waals surface area contributed by atoms with E-state index in [0.717, 1.165) is 22.9 Å². The smallest absolute Gasteiger partial charge is 0.311 e. The lowest BCUT2D eigenvalue weighted by Gasteiger charge is -2.10. The monoisotopic (exact) mass is 271 g/mol. The number of halogens is 4. The minimum absolute atomic E-state index is 0.111. The molecule has 1 heterocycles.